The lowest BCUT2D eigenvalue weighted by Gasteiger charge is -2.24. The molecule has 16 heteroatoms. The number of aliphatic carboxylic acids is 2. The number of carbonyl (C=O) groups is 3. The molecule has 1 unspecified atom stereocenters. The lowest BCUT2D eigenvalue weighted by Crippen LogP contribution is -2.17. The number of alkyl halides is 1. The number of carboxylic acids is 2. The van der Waals surface area contributed by atoms with Crippen LogP contribution in [0.2, 0.25) is 0 Å². The Bertz CT molecular complexity index is 4080. The third-order valence-electron chi connectivity index (χ3n) is 18.0. The molecule has 0 aliphatic heterocycles. The third-order valence-corrected chi connectivity index (χ3v) is 18.3. The number of phenols is 1. The van der Waals surface area contributed by atoms with Crippen molar-refractivity contribution in [2.24, 2.45) is 17.8 Å². The first kappa shape index (κ1) is 83.2. The molecule has 0 fully saturated rings. The van der Waals surface area contributed by atoms with Crippen LogP contribution < -0.4 is 23.7 Å². The fraction of sp³-hybridized carbons (Fsp3) is 0.352. The quantitative estimate of drug-likeness (QED) is 0.0367. The second-order valence-electron chi connectivity index (χ2n) is 28.7. The van der Waals surface area contributed by atoms with Gasteiger partial charge in [0.1, 0.15) is 65.2 Å². The van der Waals surface area contributed by atoms with Crippen LogP contribution in [0.15, 0.2) is 182 Å². The van der Waals surface area contributed by atoms with E-state index in [0.29, 0.717) is 96.6 Å². The van der Waals surface area contributed by atoms with Crippen LogP contribution in [0.25, 0.3) is 33.4 Å². The summed E-state index contributed by atoms with van der Waals surface area (Å²) >= 11 is 5.93. The van der Waals surface area contributed by atoms with Crippen LogP contribution in [-0.4, -0.2) is 61.7 Å². The molecule has 0 spiro atoms. The Morgan fingerprint density at radius 3 is 0.933 bits per heavy atom. The highest BCUT2D eigenvalue weighted by Crippen LogP contribution is 2.41. The van der Waals surface area contributed by atoms with Crippen molar-refractivity contribution in [1.82, 2.24) is 0 Å². The van der Waals surface area contributed by atoms with E-state index in [0.717, 1.165) is 73.2 Å². The molecule has 104 heavy (non-hydrogen) atoms. The van der Waals surface area contributed by atoms with Gasteiger partial charge in [0.2, 0.25) is 0 Å². The number of benzene rings is 9. The summed E-state index contributed by atoms with van der Waals surface area (Å²) in [4.78, 5) is 33.9. The smallest absolute Gasteiger partial charge is 0.308 e. The molecule has 9 aromatic rings. The van der Waals surface area contributed by atoms with Gasteiger partial charge in [0, 0.05) is 22.6 Å². The van der Waals surface area contributed by atoms with Crippen LogP contribution in [-0.2, 0) is 73.7 Å². The first-order valence-corrected chi connectivity index (χ1v) is 35.5. The molecule has 12 nitrogen and oxygen atoms in total. The van der Waals surface area contributed by atoms with E-state index >= 15 is 0 Å². The lowest BCUT2D eigenvalue weighted by molar-refractivity contribution is -0.145. The molecule has 3 atom stereocenters. The number of esters is 1. The highest BCUT2D eigenvalue weighted by atomic mass is 35.5. The molecule has 0 saturated carbocycles. The van der Waals surface area contributed by atoms with Crippen LogP contribution >= 0.6 is 11.6 Å². The lowest BCUT2D eigenvalue weighted by atomic mass is 9.81. The molecule has 0 aromatic heterocycles. The van der Waals surface area contributed by atoms with Crippen LogP contribution in [0.4, 0.5) is 13.2 Å². The Kier molecular flexibility index (Phi) is 31.0. The Morgan fingerprint density at radius 2 is 0.654 bits per heavy atom. The molecule has 0 aliphatic carbocycles. The molecular weight excluding hydrogens is 1340 g/mol. The molecule has 9 aromatic carbocycles. The number of rotatable bonds is 25. The standard InChI is InChI=1S/2C29H33FO4.C18H20ClFO.C12H16O3/c2*1-6-21(28(31)32)15-19-7-10-22(11-8-19)34-18-20-9-13-26(29(2,3)4)24(16-20)25-17-23(33-5)12-14-27(25)30;1-18(2,3)16-7-5-12(11-19)9-14(16)15-10-13(21-4)6-8-17(15)20;1-3-10(12(14)15-2)8-9-4-6-11(13)7-5-9/h2*7-14,16-17,21H,6,15,18H2,1-5H3,(H,31,32);5-10H,11H2,1-4H3;4-7,10,13H,3,8H2,1-2H3/t2*21-;;/m10../s1. The van der Waals surface area contributed by atoms with Gasteiger partial charge in [0.05, 0.1) is 46.2 Å². The van der Waals surface area contributed by atoms with E-state index in [4.69, 9.17) is 45.1 Å². The van der Waals surface area contributed by atoms with Crippen LogP contribution in [0, 0.1) is 35.2 Å². The number of phenolic OH excluding ortho intramolecular Hbond substituents is 1. The van der Waals surface area contributed by atoms with E-state index in [9.17, 15) is 37.8 Å². The Hall–Kier alpha value is -9.73. The van der Waals surface area contributed by atoms with E-state index in [2.05, 4.69) is 62.3 Å². The second kappa shape index (κ2) is 38.7. The monoisotopic (exact) mass is 1440 g/mol. The minimum Gasteiger partial charge on any atom is -0.508 e. The number of halogens is 4. The van der Waals surface area contributed by atoms with Crippen molar-refractivity contribution < 1.29 is 71.3 Å². The summed E-state index contributed by atoms with van der Waals surface area (Å²) in [7, 11) is 6.13. The summed E-state index contributed by atoms with van der Waals surface area (Å²) in [6.07, 6.45) is 3.59. The number of methoxy groups -OCH3 is 4. The summed E-state index contributed by atoms with van der Waals surface area (Å²) in [6.45, 7) is 25.4. The van der Waals surface area contributed by atoms with E-state index in [1.165, 1.54) is 25.3 Å². The number of hydrogen-bond acceptors (Lipinski definition) is 10. The molecule has 0 radical (unpaired) electrons. The van der Waals surface area contributed by atoms with Gasteiger partial charge in [-0.1, -0.05) is 156 Å². The topological polar surface area (TPSA) is 167 Å². The van der Waals surface area contributed by atoms with Crippen molar-refractivity contribution in [3.8, 4) is 67.9 Å². The zero-order chi connectivity index (χ0) is 76.6. The van der Waals surface area contributed by atoms with Crippen LogP contribution in [0.1, 0.15) is 152 Å². The predicted molar refractivity (Wildman–Crippen MR) is 410 cm³/mol. The SMILES string of the molecule is CCC(Cc1ccc(O)cc1)C(=O)OC.CC[C@@H](Cc1ccc(OCc2ccc(C(C)(C)C)c(-c3cc(OC)ccc3F)c2)cc1)C(=O)O.CC[C@H](Cc1ccc(OCc2ccc(C(C)(C)C)c(-c3cc(OC)ccc3F)c2)cc1)C(=O)O.COc1ccc(F)c(-c2cc(CCl)ccc2C(C)(C)C)c1. The molecule has 0 amide bonds. The number of hydrogen-bond donors (Lipinski definition) is 3. The zero-order valence-electron chi connectivity index (χ0n) is 62.9. The van der Waals surface area contributed by atoms with Crippen molar-refractivity contribution >= 4 is 29.5 Å². The fourth-order valence-corrected chi connectivity index (χ4v) is 12.0. The van der Waals surface area contributed by atoms with Gasteiger partial charge in [-0.15, -0.1) is 11.6 Å². The Morgan fingerprint density at radius 1 is 0.375 bits per heavy atom. The summed E-state index contributed by atoms with van der Waals surface area (Å²) < 4.78 is 76.5. The van der Waals surface area contributed by atoms with E-state index in [-0.39, 0.29) is 63.2 Å². The average molecular weight is 1440 g/mol. The number of carbonyl (C=O) groups excluding carboxylic acids is 1. The first-order valence-electron chi connectivity index (χ1n) is 35.0. The molecule has 554 valence electrons. The van der Waals surface area contributed by atoms with E-state index in [1.54, 1.807) is 69.9 Å². The van der Waals surface area contributed by atoms with Crippen LogP contribution in [0.3, 0.4) is 0 Å². The van der Waals surface area contributed by atoms with Crippen molar-refractivity contribution in [2.45, 2.75) is 157 Å². The molecule has 0 bridgehead atoms. The Labute approximate surface area is 618 Å². The number of ether oxygens (including phenoxy) is 6. The summed E-state index contributed by atoms with van der Waals surface area (Å²) in [5.41, 5.74) is 12.6. The number of carboxylic acid groups (broad SMARTS) is 2. The van der Waals surface area contributed by atoms with Gasteiger partial charge in [0.15, 0.2) is 0 Å². The van der Waals surface area contributed by atoms with Gasteiger partial charge in [-0.3, -0.25) is 14.4 Å². The minimum absolute atomic E-state index is 0.0876. The largest absolute Gasteiger partial charge is 0.508 e. The van der Waals surface area contributed by atoms with Crippen molar-refractivity contribution in [2.75, 3.05) is 28.4 Å². The van der Waals surface area contributed by atoms with Gasteiger partial charge in [-0.05, 0) is 231 Å². The second-order valence-corrected chi connectivity index (χ2v) is 29.0. The Balaban J connectivity index is 0.000000228. The van der Waals surface area contributed by atoms with Gasteiger partial charge >= 0.3 is 17.9 Å². The predicted octanol–water partition coefficient (Wildman–Crippen LogP) is 21.7. The number of aromatic hydroxyl groups is 1. The van der Waals surface area contributed by atoms with Gasteiger partial charge < -0.3 is 43.7 Å². The first-order chi connectivity index (χ1) is 49.3. The highest BCUT2D eigenvalue weighted by Gasteiger charge is 2.26. The van der Waals surface area contributed by atoms with Gasteiger partial charge in [-0.2, -0.15) is 0 Å². The molecular formula is C88H102ClF3O12. The molecule has 9 rings (SSSR count). The average Bonchev–Trinajstić information content (AvgIpc) is 0.798. The molecule has 0 heterocycles. The molecule has 0 saturated heterocycles. The van der Waals surface area contributed by atoms with Gasteiger partial charge in [0.25, 0.3) is 0 Å². The van der Waals surface area contributed by atoms with Crippen molar-refractivity contribution in [3.63, 3.8) is 0 Å². The van der Waals surface area contributed by atoms with Crippen molar-refractivity contribution in [1.29, 1.82) is 0 Å². The van der Waals surface area contributed by atoms with Crippen LogP contribution in [0.5, 0.6) is 34.5 Å². The normalized spacial score (nSPS) is 12.1. The molecule has 0 aliphatic rings. The summed E-state index contributed by atoms with van der Waals surface area (Å²) in [5, 5.41) is 27.6. The summed E-state index contributed by atoms with van der Waals surface area (Å²) in [6, 6.07) is 54.3. The zero-order valence-corrected chi connectivity index (χ0v) is 63.7. The highest BCUT2D eigenvalue weighted by molar-refractivity contribution is 6.17. The fourth-order valence-electron chi connectivity index (χ4n) is 11.8. The third kappa shape index (κ3) is 24.2. The van der Waals surface area contributed by atoms with Gasteiger partial charge in [-0.25, -0.2) is 13.2 Å². The minimum atomic E-state index is -0.773. The van der Waals surface area contributed by atoms with Crippen molar-refractivity contribution in [3.05, 3.63) is 250 Å². The maximum atomic E-state index is 14.8. The van der Waals surface area contributed by atoms with E-state index < -0.39 is 11.9 Å². The summed E-state index contributed by atoms with van der Waals surface area (Å²) in [5.74, 6) is 0.438. The maximum absolute atomic E-state index is 14.8. The maximum Gasteiger partial charge on any atom is 0.308 e. The van der Waals surface area contributed by atoms with E-state index in [1.807, 2.05) is 136 Å². The molecule has 3 N–H and O–H groups in total.